The van der Waals surface area contributed by atoms with Gasteiger partial charge in [-0.2, -0.15) is 5.10 Å². The third kappa shape index (κ3) is 3.31. The lowest BCUT2D eigenvalue weighted by molar-refractivity contribution is 0.0769. The van der Waals surface area contributed by atoms with E-state index in [-0.39, 0.29) is 18.3 Å². The molecule has 8 heteroatoms. The summed E-state index contributed by atoms with van der Waals surface area (Å²) in [7, 11) is 0. The second-order valence-electron chi connectivity index (χ2n) is 6.24. The minimum atomic E-state index is 0. The molecule has 2 saturated heterocycles. The highest BCUT2D eigenvalue weighted by atomic mass is 79.9. The molecule has 1 unspecified atom stereocenters. The minimum absolute atomic E-state index is 0. The molecule has 0 aliphatic carbocycles. The molecule has 0 radical (unpaired) electrons. The van der Waals surface area contributed by atoms with Gasteiger partial charge in [0.2, 0.25) is 0 Å². The molecule has 2 N–H and O–H groups in total. The van der Waals surface area contributed by atoms with Crippen molar-refractivity contribution in [1.29, 1.82) is 0 Å². The Kier molecular flexibility index (Phi) is 5.44. The maximum atomic E-state index is 12.9. The number of halogens is 2. The van der Waals surface area contributed by atoms with Gasteiger partial charge in [-0.3, -0.25) is 14.8 Å². The highest BCUT2D eigenvalue weighted by Crippen LogP contribution is 2.24. The number of nitrogens with one attached hydrogen (secondary N) is 2. The first kappa shape index (κ1) is 17.7. The van der Waals surface area contributed by atoms with Crippen molar-refractivity contribution >= 4 is 45.1 Å². The summed E-state index contributed by atoms with van der Waals surface area (Å²) in [6.45, 7) is 5.86. The van der Waals surface area contributed by atoms with Gasteiger partial charge in [-0.1, -0.05) is 15.9 Å². The molecule has 130 valence electrons. The van der Waals surface area contributed by atoms with Crippen molar-refractivity contribution in [3.8, 4) is 0 Å². The van der Waals surface area contributed by atoms with E-state index in [1.807, 2.05) is 23.1 Å². The second kappa shape index (κ2) is 7.39. The zero-order chi connectivity index (χ0) is 15.8. The highest BCUT2D eigenvalue weighted by Gasteiger charge is 2.32. The number of amides is 1. The summed E-state index contributed by atoms with van der Waals surface area (Å²) in [5.74, 6) is 0.0342. The van der Waals surface area contributed by atoms with Gasteiger partial charge in [0.05, 0.1) is 5.52 Å². The Balaban J connectivity index is 0.00000169. The van der Waals surface area contributed by atoms with E-state index in [2.05, 4.69) is 36.3 Å². The molecule has 2 aliphatic rings. The van der Waals surface area contributed by atoms with Gasteiger partial charge in [-0.25, -0.2) is 0 Å². The van der Waals surface area contributed by atoms with Gasteiger partial charge in [0.1, 0.15) is 0 Å². The zero-order valence-electron chi connectivity index (χ0n) is 13.3. The molecule has 24 heavy (non-hydrogen) atoms. The van der Waals surface area contributed by atoms with Crippen LogP contribution in [-0.2, 0) is 0 Å². The van der Waals surface area contributed by atoms with Crippen LogP contribution in [-0.4, -0.2) is 71.2 Å². The predicted octanol–water partition coefficient (Wildman–Crippen LogP) is 1.87. The average molecular weight is 415 g/mol. The molecule has 2 aliphatic heterocycles. The first-order valence-corrected chi connectivity index (χ1v) is 8.89. The number of aromatic amines is 1. The van der Waals surface area contributed by atoms with Crippen molar-refractivity contribution in [3.05, 3.63) is 28.4 Å². The average Bonchev–Trinajstić information content (AvgIpc) is 3.22. The van der Waals surface area contributed by atoms with Crippen molar-refractivity contribution in [1.82, 2.24) is 25.3 Å². The zero-order valence-corrected chi connectivity index (χ0v) is 15.7. The lowest BCUT2D eigenvalue weighted by Gasteiger charge is -2.32. The fraction of sp³-hybridized carbons (Fsp3) is 0.500. The van der Waals surface area contributed by atoms with E-state index in [1.54, 1.807) is 0 Å². The van der Waals surface area contributed by atoms with Crippen molar-refractivity contribution in [2.45, 2.75) is 12.5 Å². The molecule has 0 spiro atoms. The molecule has 1 amide bonds. The SMILES string of the molecule is Cl.O=C(c1n[nH]c2ccc(Br)cc12)N1CCC(N2CCNCC2)C1. The number of fused-ring (bicyclic) bond motifs is 1. The smallest absolute Gasteiger partial charge is 0.275 e. The molecular formula is C16H21BrClN5O. The number of nitrogens with zero attached hydrogens (tertiary/aromatic N) is 3. The van der Waals surface area contributed by atoms with Gasteiger partial charge >= 0.3 is 0 Å². The predicted molar refractivity (Wildman–Crippen MR) is 99.8 cm³/mol. The highest BCUT2D eigenvalue weighted by molar-refractivity contribution is 9.10. The molecule has 0 saturated carbocycles. The summed E-state index contributed by atoms with van der Waals surface area (Å²) in [5, 5.41) is 11.5. The quantitative estimate of drug-likeness (QED) is 0.787. The molecule has 2 fully saturated rings. The molecule has 2 aromatic rings. The van der Waals surface area contributed by atoms with Crippen LogP contribution < -0.4 is 5.32 Å². The minimum Gasteiger partial charge on any atom is -0.336 e. The molecule has 0 bridgehead atoms. The fourth-order valence-electron chi connectivity index (χ4n) is 3.57. The maximum Gasteiger partial charge on any atom is 0.275 e. The van der Waals surface area contributed by atoms with Crippen LogP contribution in [0.2, 0.25) is 0 Å². The first-order valence-electron chi connectivity index (χ1n) is 8.10. The standard InChI is InChI=1S/C16H20BrN5O.ClH/c17-11-1-2-14-13(9-11)15(20-19-14)16(23)22-6-3-12(10-22)21-7-4-18-5-8-21;/h1-2,9,12,18H,3-8,10H2,(H,19,20);1H. The van der Waals surface area contributed by atoms with E-state index >= 15 is 0 Å². The molecule has 1 aromatic carbocycles. The summed E-state index contributed by atoms with van der Waals surface area (Å²) in [4.78, 5) is 17.3. The Morgan fingerprint density at radius 3 is 2.83 bits per heavy atom. The number of hydrogen-bond acceptors (Lipinski definition) is 4. The Hall–Kier alpha value is -1.15. The third-order valence-corrected chi connectivity index (χ3v) is 5.34. The Labute approximate surface area is 155 Å². The summed E-state index contributed by atoms with van der Waals surface area (Å²) >= 11 is 3.47. The largest absolute Gasteiger partial charge is 0.336 e. The number of aromatic nitrogens is 2. The van der Waals surface area contributed by atoms with E-state index in [0.29, 0.717) is 11.7 Å². The summed E-state index contributed by atoms with van der Waals surface area (Å²) in [5.41, 5.74) is 1.43. The van der Waals surface area contributed by atoms with Gasteiger partial charge in [0, 0.05) is 55.2 Å². The lowest BCUT2D eigenvalue weighted by Crippen LogP contribution is -2.49. The van der Waals surface area contributed by atoms with Gasteiger partial charge in [0.15, 0.2) is 5.69 Å². The number of piperazine rings is 1. The van der Waals surface area contributed by atoms with Crippen molar-refractivity contribution in [2.24, 2.45) is 0 Å². The number of carbonyl (C=O) groups is 1. The summed E-state index contributed by atoms with van der Waals surface area (Å²) in [6.07, 6.45) is 1.05. The number of H-pyrrole nitrogens is 1. The topological polar surface area (TPSA) is 64.3 Å². The normalized spacial score (nSPS) is 21.9. The van der Waals surface area contributed by atoms with Gasteiger partial charge in [-0.15, -0.1) is 12.4 Å². The summed E-state index contributed by atoms with van der Waals surface area (Å²) < 4.78 is 0.959. The molecule has 4 rings (SSSR count). The van der Waals surface area contributed by atoms with Crippen LogP contribution in [0.1, 0.15) is 16.9 Å². The van der Waals surface area contributed by atoms with Gasteiger partial charge in [0.25, 0.3) is 5.91 Å². The van der Waals surface area contributed by atoms with Crippen LogP contribution in [0, 0.1) is 0 Å². The second-order valence-corrected chi connectivity index (χ2v) is 7.16. The Morgan fingerprint density at radius 1 is 1.25 bits per heavy atom. The Bertz CT molecular complexity index is 730. The van der Waals surface area contributed by atoms with Crippen LogP contribution in [0.15, 0.2) is 22.7 Å². The van der Waals surface area contributed by atoms with Crippen LogP contribution in [0.25, 0.3) is 10.9 Å². The molecule has 1 atom stereocenters. The van der Waals surface area contributed by atoms with Crippen LogP contribution >= 0.6 is 28.3 Å². The molecule has 3 heterocycles. The Morgan fingerprint density at radius 2 is 2.04 bits per heavy atom. The number of hydrogen-bond donors (Lipinski definition) is 2. The van der Waals surface area contributed by atoms with E-state index in [9.17, 15) is 4.79 Å². The van der Waals surface area contributed by atoms with E-state index in [1.165, 1.54) is 0 Å². The van der Waals surface area contributed by atoms with Crippen molar-refractivity contribution in [2.75, 3.05) is 39.3 Å². The van der Waals surface area contributed by atoms with Crippen LogP contribution in [0.3, 0.4) is 0 Å². The lowest BCUT2D eigenvalue weighted by atomic mass is 10.2. The fourth-order valence-corrected chi connectivity index (χ4v) is 3.93. The molecule has 1 aromatic heterocycles. The molecule has 6 nitrogen and oxygen atoms in total. The number of rotatable bonds is 2. The number of carbonyl (C=O) groups excluding carboxylic acids is 1. The van der Waals surface area contributed by atoms with Crippen LogP contribution in [0.5, 0.6) is 0 Å². The van der Waals surface area contributed by atoms with Crippen LogP contribution in [0.4, 0.5) is 0 Å². The summed E-state index contributed by atoms with van der Waals surface area (Å²) in [6, 6.07) is 6.33. The van der Waals surface area contributed by atoms with E-state index in [4.69, 9.17) is 0 Å². The van der Waals surface area contributed by atoms with Gasteiger partial charge in [-0.05, 0) is 24.6 Å². The van der Waals surface area contributed by atoms with E-state index < -0.39 is 0 Å². The number of benzene rings is 1. The van der Waals surface area contributed by atoms with Gasteiger partial charge < -0.3 is 10.2 Å². The molecular weight excluding hydrogens is 394 g/mol. The van der Waals surface area contributed by atoms with E-state index in [0.717, 1.165) is 61.1 Å². The maximum absolute atomic E-state index is 12.9. The van der Waals surface area contributed by atoms with Crippen molar-refractivity contribution < 1.29 is 4.79 Å². The number of likely N-dealkylation sites (tertiary alicyclic amines) is 1. The monoisotopic (exact) mass is 413 g/mol. The van der Waals surface area contributed by atoms with Crippen molar-refractivity contribution in [3.63, 3.8) is 0 Å². The first-order chi connectivity index (χ1) is 11.2. The third-order valence-electron chi connectivity index (χ3n) is 4.85.